The van der Waals surface area contributed by atoms with Crippen molar-refractivity contribution in [2.24, 2.45) is 0 Å². The summed E-state index contributed by atoms with van der Waals surface area (Å²) in [6.07, 6.45) is 0. The average molecular weight is 597 g/mol. The van der Waals surface area contributed by atoms with Gasteiger partial charge in [-0.05, 0) is 77.2 Å². The lowest BCUT2D eigenvalue weighted by atomic mass is 10.2. The van der Waals surface area contributed by atoms with Gasteiger partial charge in [0.1, 0.15) is 23.2 Å². The second kappa shape index (κ2) is 11.7. The van der Waals surface area contributed by atoms with E-state index in [0.29, 0.717) is 9.26 Å². The third kappa shape index (κ3) is 7.18. The molecule has 0 radical (unpaired) electrons. The minimum Gasteiger partial charge on any atom is -0.483 e. The van der Waals surface area contributed by atoms with Gasteiger partial charge < -0.3 is 20.3 Å². The van der Waals surface area contributed by atoms with Gasteiger partial charge in [-0.1, -0.05) is 0 Å². The number of halogens is 4. The summed E-state index contributed by atoms with van der Waals surface area (Å²) in [4.78, 5) is 38.4. The van der Waals surface area contributed by atoms with Crippen LogP contribution in [0.4, 0.5) is 24.5 Å². The van der Waals surface area contributed by atoms with E-state index in [1.54, 1.807) is 6.07 Å². The predicted octanol–water partition coefficient (Wildman–Crippen LogP) is 4.12. The van der Waals surface area contributed by atoms with E-state index >= 15 is 0 Å². The molecule has 0 bridgehead atoms. The Hall–Kier alpha value is -3.61. The van der Waals surface area contributed by atoms with Crippen molar-refractivity contribution in [1.82, 2.24) is 5.32 Å². The summed E-state index contributed by atoms with van der Waals surface area (Å²) in [5.41, 5.74) is 0.254. The number of ether oxygens (including phenoxy) is 1. The van der Waals surface area contributed by atoms with Crippen molar-refractivity contribution < 1.29 is 32.3 Å². The number of carbonyl (C=O) groups excluding carboxylic acids is 3. The third-order valence-corrected chi connectivity index (χ3v) is 5.41. The van der Waals surface area contributed by atoms with Crippen LogP contribution in [0.1, 0.15) is 10.4 Å². The summed E-state index contributed by atoms with van der Waals surface area (Å²) >= 11 is 1.92. The van der Waals surface area contributed by atoms with Crippen molar-refractivity contribution >= 4 is 51.7 Å². The van der Waals surface area contributed by atoms with Crippen molar-refractivity contribution in [2.75, 3.05) is 30.4 Å². The molecule has 3 aromatic rings. The van der Waals surface area contributed by atoms with Crippen LogP contribution >= 0.6 is 22.6 Å². The van der Waals surface area contributed by atoms with Crippen LogP contribution in [0.2, 0.25) is 0 Å². The number of nitrogens with zero attached hydrogens (tertiary/aromatic N) is 1. The molecule has 3 rings (SSSR count). The van der Waals surface area contributed by atoms with Gasteiger partial charge in [-0.25, -0.2) is 13.2 Å². The van der Waals surface area contributed by atoms with Crippen LogP contribution in [0.25, 0.3) is 0 Å². The van der Waals surface area contributed by atoms with Crippen LogP contribution in [0, 0.1) is 21.0 Å². The van der Waals surface area contributed by atoms with Crippen LogP contribution in [0.5, 0.6) is 5.75 Å². The number of benzene rings is 3. The van der Waals surface area contributed by atoms with Crippen molar-refractivity contribution in [3.8, 4) is 5.75 Å². The van der Waals surface area contributed by atoms with E-state index in [0.717, 1.165) is 18.2 Å². The number of carbonyl (C=O) groups is 3. The number of hydrogen-bond donors (Lipinski definition) is 2. The molecule has 0 aliphatic heterocycles. The van der Waals surface area contributed by atoms with Gasteiger partial charge >= 0.3 is 0 Å². The van der Waals surface area contributed by atoms with Gasteiger partial charge in [0.15, 0.2) is 6.61 Å². The molecular formula is C24H19F3IN3O4. The first-order valence-corrected chi connectivity index (χ1v) is 11.2. The first-order chi connectivity index (χ1) is 16.6. The Morgan fingerprint density at radius 1 is 0.943 bits per heavy atom. The Kier molecular flexibility index (Phi) is 8.68. The fourth-order valence-corrected chi connectivity index (χ4v) is 3.36. The highest BCUT2D eigenvalue weighted by molar-refractivity contribution is 14.1. The highest BCUT2D eigenvalue weighted by Crippen LogP contribution is 2.21. The summed E-state index contributed by atoms with van der Waals surface area (Å²) in [7, 11) is 1.46. The zero-order valence-corrected chi connectivity index (χ0v) is 20.4. The van der Waals surface area contributed by atoms with E-state index in [9.17, 15) is 27.6 Å². The van der Waals surface area contributed by atoms with Crippen LogP contribution in [-0.2, 0) is 9.59 Å². The smallest absolute Gasteiger partial charge is 0.262 e. The van der Waals surface area contributed by atoms with E-state index in [-0.39, 0.29) is 17.0 Å². The molecule has 0 atom stereocenters. The Labute approximate surface area is 212 Å². The number of nitrogens with one attached hydrogen (secondary N) is 2. The van der Waals surface area contributed by atoms with Crippen LogP contribution in [0.3, 0.4) is 0 Å². The van der Waals surface area contributed by atoms with Gasteiger partial charge in [0.05, 0.1) is 17.8 Å². The molecule has 182 valence electrons. The second-order valence-electron chi connectivity index (χ2n) is 7.21. The SMILES string of the molecule is CN(C(=O)CNC(=O)c1ccc(F)cc1OCC(=O)Nc1ccc(I)cc1F)c1ccc(F)cc1. The van der Waals surface area contributed by atoms with Crippen molar-refractivity contribution in [1.29, 1.82) is 0 Å². The number of anilines is 2. The summed E-state index contributed by atoms with van der Waals surface area (Å²) < 4.78 is 46.7. The Balaban J connectivity index is 1.61. The summed E-state index contributed by atoms with van der Waals surface area (Å²) in [6.45, 7) is -1.03. The number of rotatable bonds is 8. The highest BCUT2D eigenvalue weighted by Gasteiger charge is 2.18. The Morgan fingerprint density at radius 3 is 2.31 bits per heavy atom. The molecule has 2 N–H and O–H groups in total. The van der Waals surface area contributed by atoms with E-state index in [1.165, 1.54) is 48.3 Å². The molecule has 3 amide bonds. The zero-order chi connectivity index (χ0) is 25.5. The third-order valence-electron chi connectivity index (χ3n) is 4.74. The van der Waals surface area contributed by atoms with Crippen LogP contribution < -0.4 is 20.3 Å². The average Bonchev–Trinajstić information content (AvgIpc) is 2.83. The largest absolute Gasteiger partial charge is 0.483 e. The Morgan fingerprint density at radius 2 is 1.63 bits per heavy atom. The van der Waals surface area contributed by atoms with E-state index in [1.807, 2.05) is 22.6 Å². The van der Waals surface area contributed by atoms with Crippen molar-refractivity contribution in [3.63, 3.8) is 0 Å². The van der Waals surface area contributed by atoms with Gasteiger partial charge in [0.2, 0.25) is 5.91 Å². The molecule has 0 aliphatic rings. The number of amides is 3. The molecule has 35 heavy (non-hydrogen) atoms. The maximum absolute atomic E-state index is 13.9. The van der Waals surface area contributed by atoms with Gasteiger partial charge in [-0.2, -0.15) is 0 Å². The molecule has 0 unspecified atom stereocenters. The molecule has 0 aromatic heterocycles. The lowest BCUT2D eigenvalue weighted by Gasteiger charge is -2.18. The minimum atomic E-state index is -0.745. The standard InChI is InChI=1S/C24H19F3IN3O4/c1-31(17-6-2-14(25)3-7-17)23(33)12-29-24(34)18-8-4-15(26)10-21(18)35-13-22(32)30-20-9-5-16(28)11-19(20)27/h2-11H,12-13H2,1H3,(H,29,34)(H,30,32). The number of hydrogen-bond acceptors (Lipinski definition) is 4. The maximum Gasteiger partial charge on any atom is 0.262 e. The molecule has 0 saturated heterocycles. The minimum absolute atomic E-state index is 0.0555. The second-order valence-corrected chi connectivity index (χ2v) is 8.46. The van der Waals surface area contributed by atoms with Crippen molar-refractivity contribution in [2.45, 2.75) is 0 Å². The Bertz CT molecular complexity index is 1260. The van der Waals surface area contributed by atoms with Gasteiger partial charge in [-0.3, -0.25) is 14.4 Å². The quantitative estimate of drug-likeness (QED) is 0.383. The van der Waals surface area contributed by atoms with E-state index < -0.39 is 48.3 Å². The molecule has 0 aliphatic carbocycles. The van der Waals surface area contributed by atoms with Gasteiger partial charge in [-0.15, -0.1) is 0 Å². The first-order valence-electron chi connectivity index (χ1n) is 10.1. The molecule has 0 spiro atoms. The summed E-state index contributed by atoms with van der Waals surface area (Å²) in [6, 6.07) is 12.5. The monoisotopic (exact) mass is 597 g/mol. The van der Waals surface area contributed by atoms with Gasteiger partial charge in [0, 0.05) is 22.4 Å². The van der Waals surface area contributed by atoms with Gasteiger partial charge in [0.25, 0.3) is 11.8 Å². The zero-order valence-electron chi connectivity index (χ0n) is 18.3. The maximum atomic E-state index is 13.9. The molecule has 0 heterocycles. The summed E-state index contributed by atoms with van der Waals surface area (Å²) in [5.74, 6) is -4.00. The van der Waals surface area contributed by atoms with Crippen LogP contribution in [-0.4, -0.2) is 37.9 Å². The molecule has 11 heteroatoms. The first kappa shape index (κ1) is 26.0. The summed E-state index contributed by atoms with van der Waals surface area (Å²) in [5, 5.41) is 4.74. The number of likely N-dealkylation sites (N-methyl/N-ethyl adjacent to an activating group) is 1. The lowest BCUT2D eigenvalue weighted by molar-refractivity contribution is -0.118. The fraction of sp³-hybridized carbons (Fsp3) is 0.125. The van der Waals surface area contributed by atoms with E-state index in [4.69, 9.17) is 4.74 Å². The van der Waals surface area contributed by atoms with Crippen molar-refractivity contribution in [3.05, 3.63) is 87.2 Å². The normalized spacial score (nSPS) is 10.4. The molecule has 0 fully saturated rings. The highest BCUT2D eigenvalue weighted by atomic mass is 127. The molecular weight excluding hydrogens is 578 g/mol. The predicted molar refractivity (Wildman–Crippen MR) is 132 cm³/mol. The van der Waals surface area contributed by atoms with Crippen LogP contribution in [0.15, 0.2) is 60.7 Å². The molecule has 0 saturated carbocycles. The fourth-order valence-electron chi connectivity index (χ4n) is 2.90. The van der Waals surface area contributed by atoms with E-state index in [2.05, 4.69) is 10.6 Å². The molecule has 7 nitrogen and oxygen atoms in total. The topological polar surface area (TPSA) is 87.7 Å². The molecule has 3 aromatic carbocycles. The lowest BCUT2D eigenvalue weighted by Crippen LogP contribution is -2.38.